The van der Waals surface area contributed by atoms with Crippen LogP contribution in [0.15, 0.2) is 57.9 Å². The van der Waals surface area contributed by atoms with E-state index in [9.17, 15) is 17.6 Å². The van der Waals surface area contributed by atoms with Crippen LogP contribution in [0.1, 0.15) is 52.3 Å². The van der Waals surface area contributed by atoms with Gasteiger partial charge in [-0.2, -0.15) is 4.98 Å². The molecular formula is C25H31FN4O4S. The van der Waals surface area contributed by atoms with Crippen molar-refractivity contribution in [2.24, 2.45) is 5.41 Å². The highest BCUT2D eigenvalue weighted by Gasteiger charge is 2.27. The summed E-state index contributed by atoms with van der Waals surface area (Å²) in [5.41, 5.74) is 0.126. The van der Waals surface area contributed by atoms with Gasteiger partial charge in [-0.1, -0.05) is 43.5 Å². The minimum absolute atomic E-state index is 0.0476. The van der Waals surface area contributed by atoms with Gasteiger partial charge in [0.15, 0.2) is 0 Å². The van der Waals surface area contributed by atoms with Crippen LogP contribution in [0.3, 0.4) is 0 Å². The van der Waals surface area contributed by atoms with E-state index in [1.165, 1.54) is 38.1 Å². The molecule has 0 saturated carbocycles. The van der Waals surface area contributed by atoms with Crippen LogP contribution in [0.4, 0.5) is 15.8 Å². The lowest BCUT2D eigenvalue weighted by atomic mass is 9.94. The second-order valence-corrected chi connectivity index (χ2v) is 10.7. The molecule has 3 aromatic rings. The van der Waals surface area contributed by atoms with Crippen molar-refractivity contribution < 1.29 is 22.1 Å². The number of hydrogen-bond donors (Lipinski definition) is 2. The van der Waals surface area contributed by atoms with Crippen molar-refractivity contribution in [2.75, 3.05) is 16.7 Å². The predicted molar refractivity (Wildman–Crippen MR) is 133 cm³/mol. The number of carbonyl (C=O) groups excluding carboxylic acids is 1. The lowest BCUT2D eigenvalue weighted by molar-refractivity contribution is -0.124. The normalized spacial score (nSPS) is 11.9. The fourth-order valence-electron chi connectivity index (χ4n) is 3.18. The number of nitrogens with zero attached hydrogens (tertiary/aromatic N) is 2. The summed E-state index contributed by atoms with van der Waals surface area (Å²) in [6, 6.07) is 12.4. The second kappa shape index (κ2) is 11.4. The molecule has 1 aromatic heterocycles. The molecule has 188 valence electrons. The molecular weight excluding hydrogens is 471 g/mol. The maximum absolute atomic E-state index is 13.0. The van der Waals surface area contributed by atoms with Gasteiger partial charge in [0.1, 0.15) is 6.67 Å². The number of aryl methyl sites for hydroxylation is 1. The number of benzene rings is 2. The zero-order chi connectivity index (χ0) is 25.5. The molecule has 1 amide bonds. The molecule has 35 heavy (non-hydrogen) atoms. The smallest absolute Gasteiger partial charge is 0.261 e. The predicted octanol–water partition coefficient (Wildman–Crippen LogP) is 5.59. The number of alkyl halides is 1. The van der Waals surface area contributed by atoms with Crippen LogP contribution >= 0.6 is 0 Å². The third kappa shape index (κ3) is 7.11. The Kier molecular flexibility index (Phi) is 8.61. The first-order chi connectivity index (χ1) is 16.6. The third-order valence-electron chi connectivity index (χ3n) is 5.46. The molecule has 0 aliphatic rings. The molecule has 1 heterocycles. The topological polar surface area (TPSA) is 114 Å². The minimum Gasteiger partial charge on any atom is -0.339 e. The summed E-state index contributed by atoms with van der Waals surface area (Å²) in [7, 11) is -3.89. The Hall–Kier alpha value is -3.27. The summed E-state index contributed by atoms with van der Waals surface area (Å²) in [5.74, 6) is 0.407. The Morgan fingerprint density at radius 3 is 2.46 bits per heavy atom. The Bertz CT molecular complexity index is 1240. The summed E-state index contributed by atoms with van der Waals surface area (Å²) in [6.45, 7) is 4.36. The molecule has 10 heteroatoms. The van der Waals surface area contributed by atoms with Crippen molar-refractivity contribution in [3.05, 3.63) is 54.4 Å². The fourth-order valence-corrected chi connectivity index (χ4v) is 4.28. The van der Waals surface area contributed by atoms with E-state index in [0.29, 0.717) is 35.1 Å². The first-order valence-electron chi connectivity index (χ1n) is 11.6. The van der Waals surface area contributed by atoms with Crippen molar-refractivity contribution in [2.45, 2.75) is 57.8 Å². The van der Waals surface area contributed by atoms with Crippen molar-refractivity contribution in [3.8, 4) is 11.4 Å². The number of nitrogens with one attached hydrogen (secondary N) is 2. The Morgan fingerprint density at radius 1 is 1.06 bits per heavy atom. The lowest BCUT2D eigenvalue weighted by Gasteiger charge is -2.19. The number of sulfonamides is 1. The van der Waals surface area contributed by atoms with Gasteiger partial charge < -0.3 is 9.84 Å². The zero-order valence-corrected chi connectivity index (χ0v) is 21.0. The number of amides is 1. The van der Waals surface area contributed by atoms with Crippen LogP contribution < -0.4 is 10.0 Å². The number of anilines is 2. The van der Waals surface area contributed by atoms with Crippen LogP contribution in [0.5, 0.6) is 0 Å². The van der Waals surface area contributed by atoms with Crippen LogP contribution in [-0.4, -0.2) is 31.1 Å². The third-order valence-corrected chi connectivity index (χ3v) is 6.84. The first kappa shape index (κ1) is 26.3. The molecule has 2 N–H and O–H groups in total. The van der Waals surface area contributed by atoms with E-state index in [4.69, 9.17) is 4.52 Å². The SMILES string of the molecule is CCCCCCc1nc(-c2cccc(S(=O)(=O)Nc3ccc(NC(=O)C(C)(C)CF)cc3)c2)no1. The molecule has 0 radical (unpaired) electrons. The van der Waals surface area contributed by atoms with Gasteiger partial charge in [0.2, 0.25) is 17.6 Å². The average molecular weight is 503 g/mol. The maximum Gasteiger partial charge on any atom is 0.261 e. The van der Waals surface area contributed by atoms with E-state index >= 15 is 0 Å². The number of hydrogen-bond acceptors (Lipinski definition) is 6. The molecule has 0 saturated heterocycles. The molecule has 0 aliphatic carbocycles. The number of unbranched alkanes of at least 4 members (excludes halogenated alkanes) is 3. The zero-order valence-electron chi connectivity index (χ0n) is 20.2. The van der Waals surface area contributed by atoms with E-state index < -0.39 is 28.0 Å². The van der Waals surface area contributed by atoms with Crippen LogP contribution in [-0.2, 0) is 21.2 Å². The first-order valence-corrected chi connectivity index (χ1v) is 13.1. The van der Waals surface area contributed by atoms with Gasteiger partial charge in [0.25, 0.3) is 10.0 Å². The van der Waals surface area contributed by atoms with Crippen molar-refractivity contribution in [1.29, 1.82) is 0 Å². The summed E-state index contributed by atoms with van der Waals surface area (Å²) >= 11 is 0. The number of rotatable bonds is 12. The van der Waals surface area contributed by atoms with Crippen molar-refractivity contribution in [1.82, 2.24) is 10.1 Å². The Labute approximate surface area is 205 Å². The van der Waals surface area contributed by atoms with E-state index in [1.54, 1.807) is 24.3 Å². The van der Waals surface area contributed by atoms with Gasteiger partial charge in [-0.05, 0) is 56.7 Å². The molecule has 0 unspecified atom stereocenters. The summed E-state index contributed by atoms with van der Waals surface area (Å²) in [6.07, 6.45) is 5.04. The van der Waals surface area contributed by atoms with Crippen LogP contribution in [0.2, 0.25) is 0 Å². The number of halogens is 1. The highest BCUT2D eigenvalue weighted by Crippen LogP contribution is 2.24. The van der Waals surface area contributed by atoms with E-state index in [2.05, 4.69) is 27.1 Å². The van der Waals surface area contributed by atoms with Crippen LogP contribution in [0, 0.1) is 5.41 Å². The molecule has 0 aliphatic heterocycles. The highest BCUT2D eigenvalue weighted by atomic mass is 32.2. The Balaban J connectivity index is 1.68. The minimum atomic E-state index is -3.89. The van der Waals surface area contributed by atoms with Gasteiger partial charge in [-0.25, -0.2) is 12.8 Å². The molecule has 8 nitrogen and oxygen atoms in total. The van der Waals surface area contributed by atoms with Gasteiger partial charge in [-0.3, -0.25) is 9.52 Å². The standard InChI is InChI=1S/C25H31FN4O4S/c1-4-5-6-7-11-22-28-23(29-34-22)18-9-8-10-21(16-18)35(32,33)30-20-14-12-19(13-15-20)27-24(31)25(2,3)17-26/h8-10,12-16,30H,4-7,11,17H2,1-3H3,(H,27,31). The largest absolute Gasteiger partial charge is 0.339 e. The van der Waals surface area contributed by atoms with Gasteiger partial charge in [0.05, 0.1) is 10.3 Å². The fraction of sp³-hybridized carbons (Fsp3) is 0.400. The van der Waals surface area contributed by atoms with Crippen LogP contribution in [0.25, 0.3) is 11.4 Å². The number of aromatic nitrogens is 2. The van der Waals surface area contributed by atoms with Crippen molar-refractivity contribution in [3.63, 3.8) is 0 Å². The van der Waals surface area contributed by atoms with Gasteiger partial charge in [-0.15, -0.1) is 0 Å². The summed E-state index contributed by atoms with van der Waals surface area (Å²) < 4.78 is 46.7. The van der Waals surface area contributed by atoms with Crippen molar-refractivity contribution >= 4 is 27.3 Å². The van der Waals surface area contributed by atoms with E-state index in [-0.39, 0.29) is 4.90 Å². The highest BCUT2D eigenvalue weighted by molar-refractivity contribution is 7.92. The average Bonchev–Trinajstić information content (AvgIpc) is 3.32. The summed E-state index contributed by atoms with van der Waals surface area (Å²) in [4.78, 5) is 16.6. The van der Waals surface area contributed by atoms with Gasteiger partial charge >= 0.3 is 0 Å². The molecule has 0 spiro atoms. The number of carbonyl (C=O) groups is 1. The quantitative estimate of drug-likeness (QED) is 0.312. The monoisotopic (exact) mass is 502 g/mol. The Morgan fingerprint density at radius 2 is 1.77 bits per heavy atom. The maximum atomic E-state index is 13.0. The summed E-state index contributed by atoms with van der Waals surface area (Å²) in [5, 5.41) is 6.61. The molecule has 3 rings (SSSR count). The molecule has 0 atom stereocenters. The second-order valence-electron chi connectivity index (χ2n) is 9.00. The molecule has 0 fully saturated rings. The lowest BCUT2D eigenvalue weighted by Crippen LogP contribution is -2.32. The van der Waals surface area contributed by atoms with Gasteiger partial charge in [0, 0.05) is 23.4 Å². The molecule has 0 bridgehead atoms. The van der Waals surface area contributed by atoms with E-state index in [1.807, 2.05) is 0 Å². The van der Waals surface area contributed by atoms with E-state index in [0.717, 1.165) is 25.7 Å². The molecule has 2 aromatic carbocycles.